The highest BCUT2D eigenvalue weighted by Crippen LogP contribution is 2.32. The van der Waals surface area contributed by atoms with Gasteiger partial charge in [0, 0.05) is 13.2 Å². The Bertz CT molecular complexity index is 527. The van der Waals surface area contributed by atoms with E-state index in [0.717, 1.165) is 12.0 Å². The maximum absolute atomic E-state index is 12.7. The Balaban J connectivity index is 2.32. The van der Waals surface area contributed by atoms with Crippen molar-refractivity contribution < 1.29 is 14.7 Å². The summed E-state index contributed by atoms with van der Waals surface area (Å²) < 4.78 is 0. The zero-order valence-corrected chi connectivity index (χ0v) is 12.6. The van der Waals surface area contributed by atoms with Crippen molar-refractivity contribution in [3.63, 3.8) is 0 Å². The number of amides is 3. The SMILES string of the molecule is CCc1ccc(C2(CC)NC(=O)N(CCCO)C2=O)cc1. The molecule has 1 fully saturated rings. The summed E-state index contributed by atoms with van der Waals surface area (Å²) in [7, 11) is 0. The summed E-state index contributed by atoms with van der Waals surface area (Å²) in [5, 5.41) is 11.7. The van der Waals surface area contributed by atoms with E-state index in [-0.39, 0.29) is 25.1 Å². The molecule has 3 amide bonds. The number of urea groups is 1. The molecule has 1 aromatic carbocycles. The first-order valence-electron chi connectivity index (χ1n) is 7.43. The molecule has 1 aliphatic rings. The second-order valence-corrected chi connectivity index (χ2v) is 5.27. The summed E-state index contributed by atoms with van der Waals surface area (Å²) in [5.74, 6) is -0.229. The van der Waals surface area contributed by atoms with Crippen LogP contribution in [0.25, 0.3) is 0 Å². The lowest BCUT2D eigenvalue weighted by Gasteiger charge is -2.26. The molecule has 0 spiro atoms. The molecule has 1 unspecified atom stereocenters. The predicted molar refractivity (Wildman–Crippen MR) is 79.7 cm³/mol. The number of rotatable bonds is 6. The highest BCUT2D eigenvalue weighted by atomic mass is 16.3. The van der Waals surface area contributed by atoms with Crippen molar-refractivity contribution >= 4 is 11.9 Å². The molecule has 1 aromatic rings. The summed E-state index contributed by atoms with van der Waals surface area (Å²) >= 11 is 0. The van der Waals surface area contributed by atoms with Gasteiger partial charge in [-0.1, -0.05) is 38.1 Å². The molecular weight excluding hydrogens is 268 g/mol. The van der Waals surface area contributed by atoms with E-state index in [4.69, 9.17) is 5.11 Å². The van der Waals surface area contributed by atoms with E-state index in [9.17, 15) is 9.59 Å². The molecule has 5 nitrogen and oxygen atoms in total. The maximum Gasteiger partial charge on any atom is 0.325 e. The third-order valence-electron chi connectivity index (χ3n) is 4.10. The Kier molecular flexibility index (Phi) is 4.63. The number of aliphatic hydroxyl groups is 1. The third-order valence-corrected chi connectivity index (χ3v) is 4.10. The maximum atomic E-state index is 12.7. The van der Waals surface area contributed by atoms with E-state index in [1.165, 1.54) is 10.5 Å². The highest BCUT2D eigenvalue weighted by Gasteiger charge is 2.50. The van der Waals surface area contributed by atoms with Crippen molar-refractivity contribution in [3.05, 3.63) is 35.4 Å². The molecule has 2 rings (SSSR count). The van der Waals surface area contributed by atoms with Crippen LogP contribution < -0.4 is 5.32 Å². The first kappa shape index (κ1) is 15.5. The topological polar surface area (TPSA) is 69.6 Å². The van der Waals surface area contributed by atoms with Crippen LogP contribution in [0.1, 0.15) is 37.8 Å². The van der Waals surface area contributed by atoms with Gasteiger partial charge in [-0.2, -0.15) is 0 Å². The molecule has 21 heavy (non-hydrogen) atoms. The molecular formula is C16H22N2O3. The quantitative estimate of drug-likeness (QED) is 0.785. The van der Waals surface area contributed by atoms with Crippen LogP contribution in [0.4, 0.5) is 4.79 Å². The molecule has 0 bridgehead atoms. The van der Waals surface area contributed by atoms with Gasteiger partial charge in [0.2, 0.25) is 0 Å². The number of imide groups is 1. The van der Waals surface area contributed by atoms with Crippen molar-refractivity contribution in [2.24, 2.45) is 0 Å². The standard InChI is InChI=1S/C16H22N2O3/c1-3-12-6-8-13(9-7-12)16(4-2)14(20)18(10-5-11-19)15(21)17-16/h6-9,19H,3-5,10-11H2,1-2H3,(H,17,21). The van der Waals surface area contributed by atoms with Gasteiger partial charge in [-0.05, 0) is 30.4 Å². The summed E-state index contributed by atoms with van der Waals surface area (Å²) in [4.78, 5) is 26.0. The van der Waals surface area contributed by atoms with Crippen molar-refractivity contribution in [1.82, 2.24) is 10.2 Å². The Morgan fingerprint density at radius 1 is 1.19 bits per heavy atom. The number of benzene rings is 1. The smallest absolute Gasteiger partial charge is 0.325 e. The number of carbonyl (C=O) groups excluding carboxylic acids is 2. The van der Waals surface area contributed by atoms with Gasteiger partial charge in [-0.25, -0.2) is 4.79 Å². The Hall–Kier alpha value is -1.88. The number of nitrogens with zero attached hydrogens (tertiary/aromatic N) is 1. The zero-order valence-electron chi connectivity index (χ0n) is 12.6. The van der Waals surface area contributed by atoms with E-state index in [0.29, 0.717) is 12.8 Å². The van der Waals surface area contributed by atoms with E-state index < -0.39 is 5.54 Å². The third kappa shape index (κ3) is 2.65. The van der Waals surface area contributed by atoms with E-state index in [1.54, 1.807) is 0 Å². The van der Waals surface area contributed by atoms with Gasteiger partial charge in [0.25, 0.3) is 5.91 Å². The highest BCUT2D eigenvalue weighted by molar-refractivity contribution is 6.07. The molecule has 0 aromatic heterocycles. The van der Waals surface area contributed by atoms with Crippen molar-refractivity contribution in [2.45, 2.75) is 38.6 Å². The fourth-order valence-electron chi connectivity index (χ4n) is 2.72. The number of aliphatic hydroxyl groups excluding tert-OH is 1. The molecule has 1 heterocycles. The largest absolute Gasteiger partial charge is 0.396 e. The summed E-state index contributed by atoms with van der Waals surface area (Å²) in [6, 6.07) is 7.42. The van der Waals surface area contributed by atoms with Gasteiger partial charge in [-0.3, -0.25) is 9.69 Å². The van der Waals surface area contributed by atoms with Crippen LogP contribution in [0.3, 0.4) is 0 Å². The molecule has 1 aliphatic heterocycles. The summed E-state index contributed by atoms with van der Waals surface area (Å²) in [5.41, 5.74) is 1.03. The number of nitrogens with one attached hydrogen (secondary N) is 1. The first-order valence-corrected chi connectivity index (χ1v) is 7.43. The van der Waals surface area contributed by atoms with Gasteiger partial charge in [-0.15, -0.1) is 0 Å². The van der Waals surface area contributed by atoms with E-state index in [1.807, 2.05) is 31.2 Å². The van der Waals surface area contributed by atoms with E-state index >= 15 is 0 Å². The minimum Gasteiger partial charge on any atom is -0.396 e. The minimum absolute atomic E-state index is 0.0403. The lowest BCUT2D eigenvalue weighted by atomic mass is 9.86. The summed E-state index contributed by atoms with van der Waals surface area (Å²) in [6.45, 7) is 4.17. The Morgan fingerprint density at radius 2 is 1.86 bits per heavy atom. The van der Waals surface area contributed by atoms with Crippen LogP contribution in [0, 0.1) is 0 Å². The molecule has 0 radical (unpaired) electrons. The van der Waals surface area contributed by atoms with Crippen LogP contribution in [0.5, 0.6) is 0 Å². The van der Waals surface area contributed by atoms with Gasteiger partial charge in [0.05, 0.1) is 0 Å². The predicted octanol–water partition coefficient (Wildman–Crippen LogP) is 1.79. The Labute approximate surface area is 125 Å². The lowest BCUT2D eigenvalue weighted by Crippen LogP contribution is -2.43. The van der Waals surface area contributed by atoms with Crippen LogP contribution in [0.2, 0.25) is 0 Å². The zero-order chi connectivity index (χ0) is 15.5. The van der Waals surface area contributed by atoms with Crippen molar-refractivity contribution in [2.75, 3.05) is 13.2 Å². The monoisotopic (exact) mass is 290 g/mol. The average molecular weight is 290 g/mol. The van der Waals surface area contributed by atoms with E-state index in [2.05, 4.69) is 12.2 Å². The molecule has 0 aliphatic carbocycles. The molecule has 0 saturated carbocycles. The van der Waals surface area contributed by atoms with Crippen LogP contribution in [-0.2, 0) is 16.8 Å². The number of carbonyl (C=O) groups is 2. The van der Waals surface area contributed by atoms with Gasteiger partial charge in [0.1, 0.15) is 5.54 Å². The molecule has 114 valence electrons. The van der Waals surface area contributed by atoms with Crippen LogP contribution in [-0.4, -0.2) is 35.1 Å². The van der Waals surface area contributed by atoms with Gasteiger partial charge >= 0.3 is 6.03 Å². The fourth-order valence-corrected chi connectivity index (χ4v) is 2.72. The fraction of sp³-hybridized carbons (Fsp3) is 0.500. The average Bonchev–Trinajstić information content (AvgIpc) is 2.77. The molecule has 5 heteroatoms. The van der Waals surface area contributed by atoms with Crippen LogP contribution in [0.15, 0.2) is 24.3 Å². The second-order valence-electron chi connectivity index (χ2n) is 5.27. The lowest BCUT2D eigenvalue weighted by molar-refractivity contribution is -0.131. The summed E-state index contributed by atoms with van der Waals surface area (Å²) in [6.07, 6.45) is 1.83. The molecule has 1 atom stereocenters. The number of hydrogen-bond donors (Lipinski definition) is 2. The normalized spacial score (nSPS) is 21.8. The van der Waals surface area contributed by atoms with Crippen molar-refractivity contribution in [1.29, 1.82) is 0 Å². The van der Waals surface area contributed by atoms with Gasteiger partial charge in [0.15, 0.2) is 0 Å². The molecule has 2 N–H and O–H groups in total. The van der Waals surface area contributed by atoms with Gasteiger partial charge < -0.3 is 10.4 Å². The van der Waals surface area contributed by atoms with Crippen LogP contribution >= 0.6 is 0 Å². The minimum atomic E-state index is -0.973. The first-order chi connectivity index (χ1) is 10.1. The number of hydrogen-bond acceptors (Lipinski definition) is 3. The number of aryl methyl sites for hydroxylation is 1. The molecule has 1 saturated heterocycles. The second kappa shape index (κ2) is 6.26. The Morgan fingerprint density at radius 3 is 2.38 bits per heavy atom. The van der Waals surface area contributed by atoms with Crippen molar-refractivity contribution in [3.8, 4) is 0 Å².